The van der Waals surface area contributed by atoms with Gasteiger partial charge in [-0.05, 0) is 39.0 Å². The van der Waals surface area contributed by atoms with Crippen molar-refractivity contribution in [2.75, 3.05) is 19.6 Å². The number of carboxylic acid groups (broad SMARTS) is 1. The lowest BCUT2D eigenvalue weighted by atomic mass is 10.3. The average molecular weight is 256 g/mol. The molecular formula is C13H24N2O3. The minimum atomic E-state index is -0.941. The van der Waals surface area contributed by atoms with Crippen LogP contribution in [0, 0.1) is 5.92 Å². The molecule has 2 amide bonds. The van der Waals surface area contributed by atoms with E-state index in [9.17, 15) is 9.59 Å². The van der Waals surface area contributed by atoms with Crippen molar-refractivity contribution < 1.29 is 14.7 Å². The molecule has 1 aliphatic rings. The Hall–Kier alpha value is -1.26. The fourth-order valence-electron chi connectivity index (χ4n) is 1.98. The highest BCUT2D eigenvalue weighted by molar-refractivity contribution is 5.80. The first kappa shape index (κ1) is 14.8. The molecule has 1 fully saturated rings. The minimum Gasteiger partial charge on any atom is -0.480 e. The van der Waals surface area contributed by atoms with Crippen LogP contribution in [-0.4, -0.2) is 52.6 Å². The quantitative estimate of drug-likeness (QED) is 0.758. The van der Waals surface area contributed by atoms with Gasteiger partial charge in [-0.2, -0.15) is 0 Å². The molecule has 0 aliphatic heterocycles. The van der Waals surface area contributed by atoms with Crippen LogP contribution in [0.25, 0.3) is 0 Å². The predicted octanol–water partition coefficient (Wildman–Crippen LogP) is 2.02. The highest BCUT2D eigenvalue weighted by Crippen LogP contribution is 2.30. The summed E-state index contributed by atoms with van der Waals surface area (Å²) in [4.78, 5) is 26.5. The van der Waals surface area contributed by atoms with Crippen molar-refractivity contribution in [3.8, 4) is 0 Å². The Morgan fingerprint density at radius 3 is 2.33 bits per heavy atom. The molecule has 0 spiro atoms. The van der Waals surface area contributed by atoms with Gasteiger partial charge in [0.25, 0.3) is 0 Å². The van der Waals surface area contributed by atoms with Gasteiger partial charge in [-0.25, -0.2) is 4.79 Å². The van der Waals surface area contributed by atoms with Crippen molar-refractivity contribution in [2.45, 2.75) is 46.1 Å². The maximum atomic E-state index is 12.4. The van der Waals surface area contributed by atoms with E-state index >= 15 is 0 Å². The monoisotopic (exact) mass is 256 g/mol. The van der Waals surface area contributed by atoms with Crippen LogP contribution in [0.1, 0.15) is 40.0 Å². The van der Waals surface area contributed by atoms with Gasteiger partial charge in [0.15, 0.2) is 0 Å². The summed E-state index contributed by atoms with van der Waals surface area (Å²) in [5.74, 6) is -0.437. The molecule has 0 atom stereocenters. The molecule has 18 heavy (non-hydrogen) atoms. The normalized spacial score (nSPS) is 14.7. The minimum absolute atomic E-state index is 0.105. The molecule has 0 saturated heterocycles. The van der Waals surface area contributed by atoms with Gasteiger partial charge in [-0.3, -0.25) is 4.79 Å². The molecule has 1 saturated carbocycles. The third-order valence-corrected chi connectivity index (χ3v) is 3.11. The van der Waals surface area contributed by atoms with Gasteiger partial charge in [0, 0.05) is 19.1 Å². The van der Waals surface area contributed by atoms with Crippen LogP contribution >= 0.6 is 0 Å². The molecule has 0 aromatic rings. The van der Waals surface area contributed by atoms with Gasteiger partial charge in [0.05, 0.1) is 0 Å². The summed E-state index contributed by atoms with van der Waals surface area (Å²) >= 11 is 0. The fourth-order valence-corrected chi connectivity index (χ4v) is 1.98. The molecule has 0 aromatic carbocycles. The predicted molar refractivity (Wildman–Crippen MR) is 69.5 cm³/mol. The van der Waals surface area contributed by atoms with E-state index in [0.29, 0.717) is 19.0 Å². The van der Waals surface area contributed by atoms with Crippen molar-refractivity contribution in [3.63, 3.8) is 0 Å². The second-order valence-electron chi connectivity index (χ2n) is 5.29. The second kappa shape index (κ2) is 6.61. The van der Waals surface area contributed by atoms with Crippen molar-refractivity contribution in [3.05, 3.63) is 0 Å². The summed E-state index contributed by atoms with van der Waals surface area (Å²) in [5.41, 5.74) is 0. The summed E-state index contributed by atoms with van der Waals surface area (Å²) in [6, 6.07) is -0.0332. The highest BCUT2D eigenvalue weighted by atomic mass is 16.4. The van der Waals surface area contributed by atoms with E-state index in [-0.39, 0.29) is 18.6 Å². The Balaban J connectivity index is 2.67. The van der Waals surface area contributed by atoms with Gasteiger partial charge >= 0.3 is 12.0 Å². The number of hydrogen-bond acceptors (Lipinski definition) is 2. The summed E-state index contributed by atoms with van der Waals surface area (Å²) in [6.45, 7) is 7.01. The average Bonchev–Trinajstić information content (AvgIpc) is 3.07. The zero-order valence-corrected chi connectivity index (χ0v) is 11.6. The molecule has 0 unspecified atom stereocenters. The molecule has 5 heteroatoms. The third kappa shape index (κ3) is 4.55. The van der Waals surface area contributed by atoms with Crippen LogP contribution in [0.3, 0.4) is 0 Å². The van der Waals surface area contributed by atoms with Crippen LogP contribution in [0.4, 0.5) is 4.79 Å². The molecule has 0 bridgehead atoms. The van der Waals surface area contributed by atoms with Crippen LogP contribution in [-0.2, 0) is 4.79 Å². The SMILES string of the molecule is CCCN(C(=O)N(CC(=O)O)CC1CC1)C(C)C. The highest BCUT2D eigenvalue weighted by Gasteiger charge is 2.30. The Morgan fingerprint density at radius 1 is 1.33 bits per heavy atom. The molecule has 0 heterocycles. The number of nitrogens with zero attached hydrogens (tertiary/aromatic N) is 2. The zero-order chi connectivity index (χ0) is 13.7. The number of aliphatic carboxylic acids is 1. The number of amides is 2. The van der Waals surface area contributed by atoms with E-state index in [1.54, 1.807) is 4.90 Å². The van der Waals surface area contributed by atoms with Gasteiger partial charge in [-0.1, -0.05) is 6.92 Å². The molecule has 1 rings (SSSR count). The topological polar surface area (TPSA) is 60.9 Å². The Kier molecular flexibility index (Phi) is 5.44. The molecule has 1 N–H and O–H groups in total. The Morgan fingerprint density at radius 2 is 1.94 bits per heavy atom. The second-order valence-corrected chi connectivity index (χ2v) is 5.29. The standard InChI is InChI=1S/C13H24N2O3/c1-4-7-15(10(2)3)13(18)14(9-12(16)17)8-11-5-6-11/h10-11H,4-9H2,1-3H3,(H,16,17). The Labute approximate surface area is 109 Å². The molecule has 1 aliphatic carbocycles. The summed E-state index contributed by atoms with van der Waals surface area (Å²) in [7, 11) is 0. The lowest BCUT2D eigenvalue weighted by Gasteiger charge is -2.32. The maximum absolute atomic E-state index is 12.4. The van der Waals surface area contributed by atoms with Crippen LogP contribution in [0.15, 0.2) is 0 Å². The van der Waals surface area contributed by atoms with Crippen molar-refractivity contribution >= 4 is 12.0 Å². The fraction of sp³-hybridized carbons (Fsp3) is 0.846. The lowest BCUT2D eigenvalue weighted by molar-refractivity contribution is -0.137. The van der Waals surface area contributed by atoms with Gasteiger partial charge in [0.1, 0.15) is 6.54 Å². The molecule has 104 valence electrons. The van der Waals surface area contributed by atoms with Crippen molar-refractivity contribution in [2.24, 2.45) is 5.92 Å². The van der Waals surface area contributed by atoms with Crippen LogP contribution in [0.5, 0.6) is 0 Å². The van der Waals surface area contributed by atoms with Crippen LogP contribution in [0.2, 0.25) is 0 Å². The number of rotatable bonds is 7. The van der Waals surface area contributed by atoms with E-state index in [1.165, 1.54) is 4.90 Å². The number of carbonyl (C=O) groups is 2. The van der Waals surface area contributed by atoms with E-state index in [1.807, 2.05) is 20.8 Å². The first-order valence-electron chi connectivity index (χ1n) is 6.73. The number of urea groups is 1. The molecule has 0 aromatic heterocycles. The van der Waals surface area contributed by atoms with Crippen molar-refractivity contribution in [1.29, 1.82) is 0 Å². The first-order chi connectivity index (χ1) is 8.45. The zero-order valence-electron chi connectivity index (χ0n) is 11.6. The van der Waals surface area contributed by atoms with E-state index in [4.69, 9.17) is 5.11 Å². The lowest BCUT2D eigenvalue weighted by Crippen LogP contribution is -2.49. The number of hydrogen-bond donors (Lipinski definition) is 1. The summed E-state index contributed by atoms with van der Waals surface area (Å²) in [5, 5.41) is 8.90. The first-order valence-corrected chi connectivity index (χ1v) is 6.73. The summed E-state index contributed by atoms with van der Waals surface area (Å²) in [6.07, 6.45) is 3.10. The third-order valence-electron chi connectivity index (χ3n) is 3.11. The smallest absolute Gasteiger partial charge is 0.323 e. The van der Waals surface area contributed by atoms with E-state index < -0.39 is 5.97 Å². The number of carboxylic acids is 1. The Bertz CT molecular complexity index is 301. The molecule has 0 radical (unpaired) electrons. The van der Waals surface area contributed by atoms with Gasteiger partial charge in [-0.15, -0.1) is 0 Å². The molecular weight excluding hydrogens is 232 g/mol. The molecule has 5 nitrogen and oxygen atoms in total. The van der Waals surface area contributed by atoms with Crippen molar-refractivity contribution in [1.82, 2.24) is 9.80 Å². The van der Waals surface area contributed by atoms with E-state index in [0.717, 1.165) is 19.3 Å². The van der Waals surface area contributed by atoms with Gasteiger partial charge in [0.2, 0.25) is 0 Å². The van der Waals surface area contributed by atoms with Gasteiger partial charge < -0.3 is 14.9 Å². The largest absolute Gasteiger partial charge is 0.480 e. The maximum Gasteiger partial charge on any atom is 0.323 e. The summed E-state index contributed by atoms with van der Waals surface area (Å²) < 4.78 is 0. The van der Waals surface area contributed by atoms with Crippen LogP contribution < -0.4 is 0 Å². The number of carbonyl (C=O) groups excluding carboxylic acids is 1. The van der Waals surface area contributed by atoms with E-state index in [2.05, 4.69) is 0 Å².